The van der Waals surface area contributed by atoms with Crippen LogP contribution in [-0.2, 0) is 9.59 Å². The van der Waals surface area contributed by atoms with Crippen molar-refractivity contribution in [2.75, 3.05) is 25.0 Å². The van der Waals surface area contributed by atoms with Crippen LogP contribution in [0.15, 0.2) is 48.5 Å². The average Bonchev–Trinajstić information content (AvgIpc) is 3.01. The number of carbonyl (C=O) groups is 2. The summed E-state index contributed by atoms with van der Waals surface area (Å²) in [4.78, 5) is 25.4. The number of para-hydroxylation sites is 1. The molecule has 0 aliphatic carbocycles. The number of halogens is 1. The van der Waals surface area contributed by atoms with Gasteiger partial charge in [0, 0.05) is 12.2 Å². The lowest BCUT2D eigenvalue weighted by Gasteiger charge is -2.19. The fraction of sp³-hybridized carbons (Fsp3) is 0.300. The Morgan fingerprint density at radius 1 is 1.22 bits per heavy atom. The molecule has 2 N–H and O–H groups in total. The van der Waals surface area contributed by atoms with E-state index in [1.807, 2.05) is 17.0 Å². The summed E-state index contributed by atoms with van der Waals surface area (Å²) in [7, 11) is 0. The number of carboxylic acids is 1. The summed E-state index contributed by atoms with van der Waals surface area (Å²) in [5, 5.41) is 12.6. The Bertz CT molecular complexity index is 840. The number of ether oxygens (including phenoxy) is 1. The first-order valence-electron chi connectivity index (χ1n) is 8.64. The van der Waals surface area contributed by atoms with Crippen LogP contribution in [-0.4, -0.2) is 41.5 Å². The number of hydrogen-bond acceptors (Lipinski definition) is 4. The number of hydrogen-bond donors (Lipinski definition) is 2. The zero-order valence-electron chi connectivity index (χ0n) is 14.9. The maximum Gasteiger partial charge on any atom is 0.310 e. The minimum absolute atomic E-state index is 0.167. The van der Waals surface area contributed by atoms with E-state index in [1.54, 1.807) is 43.3 Å². The Labute approximate surface area is 162 Å². The SMILES string of the molecule is CC1(C(=O)O)CCN(CC(=O)Nc2ccc(Oc3ccccc3Cl)cc2)C1. The van der Waals surface area contributed by atoms with Gasteiger partial charge in [-0.25, -0.2) is 0 Å². The molecule has 2 aromatic carbocycles. The Hall–Kier alpha value is -2.57. The number of rotatable bonds is 6. The average molecular weight is 389 g/mol. The molecule has 142 valence electrons. The van der Waals surface area contributed by atoms with Gasteiger partial charge in [0.15, 0.2) is 0 Å². The van der Waals surface area contributed by atoms with Crippen LogP contribution in [0.1, 0.15) is 13.3 Å². The number of aliphatic carboxylic acids is 1. The van der Waals surface area contributed by atoms with Crippen molar-refractivity contribution in [3.05, 3.63) is 53.6 Å². The van der Waals surface area contributed by atoms with Crippen molar-refractivity contribution in [2.45, 2.75) is 13.3 Å². The molecule has 1 amide bonds. The van der Waals surface area contributed by atoms with Crippen LogP contribution in [0.25, 0.3) is 0 Å². The van der Waals surface area contributed by atoms with Gasteiger partial charge >= 0.3 is 5.97 Å². The second-order valence-corrected chi connectivity index (χ2v) is 7.34. The van der Waals surface area contributed by atoms with Crippen LogP contribution in [0, 0.1) is 5.41 Å². The topological polar surface area (TPSA) is 78.9 Å². The quantitative estimate of drug-likeness (QED) is 0.785. The van der Waals surface area contributed by atoms with Crippen molar-refractivity contribution in [3.63, 3.8) is 0 Å². The molecule has 1 atom stereocenters. The van der Waals surface area contributed by atoms with Gasteiger partial charge in [0.25, 0.3) is 0 Å². The largest absolute Gasteiger partial charge is 0.481 e. The molecule has 1 aliphatic heterocycles. The number of anilines is 1. The first-order valence-corrected chi connectivity index (χ1v) is 9.02. The van der Waals surface area contributed by atoms with Crippen molar-refractivity contribution in [1.82, 2.24) is 4.90 Å². The highest BCUT2D eigenvalue weighted by molar-refractivity contribution is 6.32. The van der Waals surface area contributed by atoms with E-state index in [0.29, 0.717) is 41.7 Å². The van der Waals surface area contributed by atoms with Gasteiger partial charge in [-0.05, 0) is 56.3 Å². The van der Waals surface area contributed by atoms with E-state index < -0.39 is 11.4 Å². The molecule has 27 heavy (non-hydrogen) atoms. The van der Waals surface area contributed by atoms with E-state index in [4.69, 9.17) is 16.3 Å². The van der Waals surface area contributed by atoms with E-state index in [0.717, 1.165) is 0 Å². The van der Waals surface area contributed by atoms with Gasteiger partial charge in [-0.3, -0.25) is 14.5 Å². The molecule has 3 rings (SSSR count). The van der Waals surface area contributed by atoms with Crippen molar-refractivity contribution in [1.29, 1.82) is 0 Å². The van der Waals surface area contributed by atoms with Crippen LogP contribution < -0.4 is 10.1 Å². The zero-order valence-corrected chi connectivity index (χ0v) is 15.7. The minimum Gasteiger partial charge on any atom is -0.481 e. The van der Waals surface area contributed by atoms with Gasteiger partial charge in [0.2, 0.25) is 5.91 Å². The van der Waals surface area contributed by atoms with E-state index in [-0.39, 0.29) is 12.5 Å². The normalized spacial score (nSPS) is 19.6. The summed E-state index contributed by atoms with van der Waals surface area (Å²) < 4.78 is 5.71. The molecular weight excluding hydrogens is 368 g/mol. The van der Waals surface area contributed by atoms with Crippen molar-refractivity contribution in [3.8, 4) is 11.5 Å². The Morgan fingerprint density at radius 3 is 2.56 bits per heavy atom. The highest BCUT2D eigenvalue weighted by atomic mass is 35.5. The molecular formula is C20H21ClN2O4. The Balaban J connectivity index is 1.53. The third-order valence-corrected chi connectivity index (χ3v) is 4.95. The van der Waals surface area contributed by atoms with Crippen molar-refractivity contribution < 1.29 is 19.4 Å². The molecule has 1 aliphatic rings. The highest BCUT2D eigenvalue weighted by Crippen LogP contribution is 2.30. The lowest BCUT2D eigenvalue weighted by Crippen LogP contribution is -2.35. The lowest BCUT2D eigenvalue weighted by molar-refractivity contribution is -0.147. The van der Waals surface area contributed by atoms with Crippen LogP contribution >= 0.6 is 11.6 Å². The van der Waals surface area contributed by atoms with Crippen LogP contribution in [0.4, 0.5) is 5.69 Å². The van der Waals surface area contributed by atoms with Crippen LogP contribution in [0.5, 0.6) is 11.5 Å². The first-order chi connectivity index (χ1) is 12.9. The van der Waals surface area contributed by atoms with E-state index in [1.165, 1.54) is 0 Å². The van der Waals surface area contributed by atoms with Crippen molar-refractivity contribution in [2.24, 2.45) is 5.41 Å². The molecule has 0 radical (unpaired) electrons. The smallest absolute Gasteiger partial charge is 0.310 e. The van der Waals surface area contributed by atoms with Gasteiger partial charge in [0.1, 0.15) is 11.5 Å². The molecule has 0 bridgehead atoms. The predicted octanol–water partition coefficient (Wildman–Crippen LogP) is 3.87. The molecule has 7 heteroatoms. The summed E-state index contributed by atoms with van der Waals surface area (Å²) in [6, 6.07) is 14.2. The van der Waals surface area contributed by atoms with Crippen molar-refractivity contribution >= 4 is 29.2 Å². The second-order valence-electron chi connectivity index (χ2n) is 6.93. The Morgan fingerprint density at radius 2 is 1.93 bits per heavy atom. The molecule has 6 nitrogen and oxygen atoms in total. The monoisotopic (exact) mass is 388 g/mol. The lowest BCUT2D eigenvalue weighted by atomic mass is 9.90. The minimum atomic E-state index is -0.820. The number of nitrogens with zero attached hydrogens (tertiary/aromatic N) is 1. The van der Waals surface area contributed by atoms with E-state index in [2.05, 4.69) is 5.32 Å². The Kier molecular flexibility index (Phi) is 5.68. The van der Waals surface area contributed by atoms with Gasteiger partial charge < -0.3 is 15.2 Å². The fourth-order valence-corrected chi connectivity index (χ4v) is 3.20. The van der Waals surface area contributed by atoms with Gasteiger partial charge in [0.05, 0.1) is 17.0 Å². The molecule has 1 saturated heterocycles. The number of carboxylic acid groups (broad SMARTS) is 1. The molecule has 1 unspecified atom stereocenters. The zero-order chi connectivity index (χ0) is 19.4. The molecule has 1 fully saturated rings. The summed E-state index contributed by atoms with van der Waals surface area (Å²) in [6.07, 6.45) is 0.545. The molecule has 0 saturated carbocycles. The summed E-state index contributed by atoms with van der Waals surface area (Å²) in [6.45, 7) is 2.85. The molecule has 0 aromatic heterocycles. The van der Waals surface area contributed by atoms with E-state index >= 15 is 0 Å². The van der Waals surface area contributed by atoms with E-state index in [9.17, 15) is 14.7 Å². The summed E-state index contributed by atoms with van der Waals surface area (Å²) in [5.41, 5.74) is -0.135. The summed E-state index contributed by atoms with van der Waals surface area (Å²) in [5.74, 6) is 0.174. The standard InChI is InChI=1S/C20H21ClN2O4/c1-20(19(25)26)10-11-23(13-20)12-18(24)22-14-6-8-15(9-7-14)27-17-5-3-2-4-16(17)21/h2-9H,10-13H2,1H3,(H,22,24)(H,25,26). The molecule has 1 heterocycles. The van der Waals surface area contributed by atoms with Crippen LogP contribution in [0.2, 0.25) is 5.02 Å². The third-order valence-electron chi connectivity index (χ3n) is 4.64. The molecule has 0 spiro atoms. The highest BCUT2D eigenvalue weighted by Gasteiger charge is 2.40. The number of nitrogens with one attached hydrogen (secondary N) is 1. The fourth-order valence-electron chi connectivity index (χ4n) is 3.03. The van der Waals surface area contributed by atoms with Gasteiger partial charge in [-0.2, -0.15) is 0 Å². The number of carbonyl (C=O) groups excluding carboxylic acids is 1. The molecule has 2 aromatic rings. The number of likely N-dealkylation sites (tertiary alicyclic amines) is 1. The third kappa shape index (κ3) is 4.78. The second kappa shape index (κ2) is 7.98. The maximum atomic E-state index is 12.2. The maximum absolute atomic E-state index is 12.2. The van der Waals surface area contributed by atoms with Gasteiger partial charge in [-0.1, -0.05) is 23.7 Å². The summed E-state index contributed by atoms with van der Waals surface area (Å²) >= 11 is 6.07. The number of benzene rings is 2. The first kappa shape index (κ1) is 19.2. The van der Waals surface area contributed by atoms with Crippen LogP contribution in [0.3, 0.4) is 0 Å². The number of amides is 1. The predicted molar refractivity (Wildman–Crippen MR) is 103 cm³/mol. The van der Waals surface area contributed by atoms with Gasteiger partial charge in [-0.15, -0.1) is 0 Å².